The largest absolute Gasteiger partial charge is 0.573 e. The second-order valence-corrected chi connectivity index (χ2v) is 6.12. The molecule has 0 aromatic heterocycles. The number of alkyl halides is 6. The molecule has 156 valence electrons. The molecular formula is C22H14F6O2. The summed E-state index contributed by atoms with van der Waals surface area (Å²) in [5.74, 6) is -0.886. The fraction of sp³-hybridized carbons (Fsp3) is 0.0909. The molecule has 2 nitrogen and oxygen atoms in total. The summed E-state index contributed by atoms with van der Waals surface area (Å²) in [4.78, 5) is 0. The maximum absolute atomic E-state index is 12.6. The van der Waals surface area contributed by atoms with Crippen molar-refractivity contribution in [3.05, 3.63) is 95.6 Å². The van der Waals surface area contributed by atoms with E-state index in [0.717, 1.165) is 12.1 Å². The second kappa shape index (κ2) is 8.52. The second-order valence-electron chi connectivity index (χ2n) is 6.12. The van der Waals surface area contributed by atoms with Gasteiger partial charge in [-0.05, 0) is 52.6 Å². The molecule has 0 bridgehead atoms. The first-order chi connectivity index (χ1) is 14.1. The maximum atomic E-state index is 12.6. The Labute approximate surface area is 168 Å². The molecule has 0 saturated heterocycles. The summed E-state index contributed by atoms with van der Waals surface area (Å²) in [6, 6.07) is 19.2. The van der Waals surface area contributed by atoms with Crippen molar-refractivity contribution in [2.24, 2.45) is 0 Å². The van der Waals surface area contributed by atoms with Crippen molar-refractivity contribution in [1.29, 1.82) is 0 Å². The van der Waals surface area contributed by atoms with E-state index in [1.807, 2.05) is 0 Å². The van der Waals surface area contributed by atoms with Gasteiger partial charge in [0.15, 0.2) is 0 Å². The van der Waals surface area contributed by atoms with Gasteiger partial charge in [-0.1, -0.05) is 54.6 Å². The van der Waals surface area contributed by atoms with Crippen LogP contribution >= 0.6 is 0 Å². The van der Waals surface area contributed by atoms with Gasteiger partial charge < -0.3 is 9.47 Å². The highest BCUT2D eigenvalue weighted by molar-refractivity contribution is 5.92. The van der Waals surface area contributed by atoms with Crippen molar-refractivity contribution in [3.63, 3.8) is 0 Å². The molecule has 0 radical (unpaired) electrons. The molecular weight excluding hydrogens is 410 g/mol. The third-order valence-electron chi connectivity index (χ3n) is 3.87. The lowest BCUT2D eigenvalue weighted by Crippen LogP contribution is -2.17. The SMILES string of the molecule is FC(F)(F)Oc1cccc(C(=Cc2ccccc2)c2cccc(OC(F)(F)F)c2)c1. The summed E-state index contributed by atoms with van der Waals surface area (Å²) in [7, 11) is 0. The van der Waals surface area contributed by atoms with Gasteiger partial charge in [-0.15, -0.1) is 26.3 Å². The molecule has 0 saturated carbocycles. The smallest absolute Gasteiger partial charge is 0.406 e. The van der Waals surface area contributed by atoms with Crippen LogP contribution in [0.5, 0.6) is 11.5 Å². The Morgan fingerprint density at radius 1 is 0.600 bits per heavy atom. The molecule has 3 rings (SSSR count). The van der Waals surface area contributed by atoms with Crippen molar-refractivity contribution in [2.75, 3.05) is 0 Å². The van der Waals surface area contributed by atoms with E-state index >= 15 is 0 Å². The van der Waals surface area contributed by atoms with E-state index < -0.39 is 24.2 Å². The molecule has 0 aliphatic heterocycles. The van der Waals surface area contributed by atoms with Crippen LogP contribution in [0.2, 0.25) is 0 Å². The summed E-state index contributed by atoms with van der Waals surface area (Å²) in [5.41, 5.74) is 1.74. The van der Waals surface area contributed by atoms with Crippen LogP contribution in [0, 0.1) is 0 Å². The first-order valence-corrected chi connectivity index (χ1v) is 8.58. The molecule has 0 aliphatic carbocycles. The number of hydrogen-bond donors (Lipinski definition) is 0. The zero-order chi connectivity index (χ0) is 21.8. The molecule has 0 spiro atoms. The fourth-order valence-corrected chi connectivity index (χ4v) is 2.77. The quantitative estimate of drug-likeness (QED) is 0.322. The van der Waals surface area contributed by atoms with Crippen molar-refractivity contribution in [3.8, 4) is 11.5 Å². The zero-order valence-electron chi connectivity index (χ0n) is 15.2. The number of rotatable bonds is 5. The number of halogens is 6. The normalized spacial score (nSPS) is 11.7. The van der Waals surface area contributed by atoms with Crippen LogP contribution < -0.4 is 9.47 Å². The van der Waals surface area contributed by atoms with Gasteiger partial charge in [0, 0.05) is 0 Å². The molecule has 0 heterocycles. The van der Waals surface area contributed by atoms with Gasteiger partial charge in [0.05, 0.1) is 0 Å². The Bertz CT molecular complexity index is 962. The van der Waals surface area contributed by atoms with Crippen LogP contribution in [0.1, 0.15) is 16.7 Å². The molecule has 0 unspecified atom stereocenters. The minimum Gasteiger partial charge on any atom is -0.406 e. The van der Waals surface area contributed by atoms with Gasteiger partial charge >= 0.3 is 12.7 Å². The Hall–Kier alpha value is -3.42. The van der Waals surface area contributed by atoms with Crippen LogP contribution in [0.3, 0.4) is 0 Å². The summed E-state index contributed by atoms with van der Waals surface area (Å²) >= 11 is 0. The molecule has 8 heteroatoms. The van der Waals surface area contributed by atoms with Crippen molar-refractivity contribution < 1.29 is 35.8 Å². The minimum atomic E-state index is -4.87. The Morgan fingerprint density at radius 2 is 1.07 bits per heavy atom. The van der Waals surface area contributed by atoms with Crippen molar-refractivity contribution in [2.45, 2.75) is 12.7 Å². The monoisotopic (exact) mass is 424 g/mol. The lowest BCUT2D eigenvalue weighted by molar-refractivity contribution is -0.275. The molecule has 0 aliphatic rings. The summed E-state index contributed by atoms with van der Waals surface area (Å²) < 4.78 is 83.5. The van der Waals surface area contributed by atoms with Crippen LogP contribution in [0.15, 0.2) is 78.9 Å². The molecule has 0 atom stereocenters. The average Bonchev–Trinajstić information content (AvgIpc) is 2.65. The summed E-state index contributed by atoms with van der Waals surface area (Å²) in [6.07, 6.45) is -8.09. The van der Waals surface area contributed by atoms with Crippen LogP contribution in [0.4, 0.5) is 26.3 Å². The molecule has 0 N–H and O–H groups in total. The van der Waals surface area contributed by atoms with E-state index in [0.29, 0.717) is 22.3 Å². The molecule has 0 amide bonds. The first kappa shape index (κ1) is 21.3. The van der Waals surface area contributed by atoms with E-state index in [1.54, 1.807) is 36.4 Å². The average molecular weight is 424 g/mol. The number of ether oxygens (including phenoxy) is 2. The van der Waals surface area contributed by atoms with E-state index in [2.05, 4.69) is 9.47 Å². The number of hydrogen-bond acceptors (Lipinski definition) is 2. The van der Waals surface area contributed by atoms with Gasteiger partial charge in [-0.25, -0.2) is 0 Å². The maximum Gasteiger partial charge on any atom is 0.573 e. The zero-order valence-corrected chi connectivity index (χ0v) is 15.2. The lowest BCUT2D eigenvalue weighted by atomic mass is 9.95. The predicted octanol–water partition coefficient (Wildman–Crippen LogP) is 7.07. The number of benzene rings is 3. The highest BCUT2D eigenvalue weighted by atomic mass is 19.4. The van der Waals surface area contributed by atoms with Gasteiger partial charge in [0.1, 0.15) is 11.5 Å². The van der Waals surface area contributed by atoms with E-state index in [1.165, 1.54) is 36.4 Å². The fourth-order valence-electron chi connectivity index (χ4n) is 2.77. The van der Waals surface area contributed by atoms with E-state index in [-0.39, 0.29) is 0 Å². The predicted molar refractivity (Wildman–Crippen MR) is 99.7 cm³/mol. The van der Waals surface area contributed by atoms with Gasteiger partial charge in [-0.3, -0.25) is 0 Å². The van der Waals surface area contributed by atoms with Crippen molar-refractivity contribution >= 4 is 11.6 Å². The third-order valence-corrected chi connectivity index (χ3v) is 3.87. The Kier molecular flexibility index (Phi) is 6.05. The standard InChI is InChI=1S/C22H14F6O2/c23-21(24,25)29-18-10-4-8-16(13-18)20(12-15-6-2-1-3-7-15)17-9-5-11-19(14-17)30-22(26,27)28/h1-14H. The van der Waals surface area contributed by atoms with Crippen LogP contribution in [-0.4, -0.2) is 12.7 Å². The third kappa shape index (κ3) is 6.30. The molecule has 30 heavy (non-hydrogen) atoms. The van der Waals surface area contributed by atoms with Crippen LogP contribution in [0.25, 0.3) is 11.6 Å². The van der Waals surface area contributed by atoms with Crippen molar-refractivity contribution in [1.82, 2.24) is 0 Å². The minimum absolute atomic E-state index is 0.324. The van der Waals surface area contributed by atoms with E-state index in [9.17, 15) is 26.3 Å². The Morgan fingerprint density at radius 3 is 1.50 bits per heavy atom. The molecule has 0 fully saturated rings. The van der Waals surface area contributed by atoms with E-state index in [4.69, 9.17) is 0 Å². The topological polar surface area (TPSA) is 18.5 Å². The summed E-state index contributed by atoms with van der Waals surface area (Å²) in [5, 5.41) is 0. The summed E-state index contributed by atoms with van der Waals surface area (Å²) in [6.45, 7) is 0. The highest BCUT2D eigenvalue weighted by Crippen LogP contribution is 2.33. The van der Waals surface area contributed by atoms with Gasteiger partial charge in [0.25, 0.3) is 0 Å². The van der Waals surface area contributed by atoms with Gasteiger partial charge in [-0.2, -0.15) is 0 Å². The molecule has 3 aromatic carbocycles. The van der Waals surface area contributed by atoms with Crippen LogP contribution in [-0.2, 0) is 0 Å². The first-order valence-electron chi connectivity index (χ1n) is 8.58. The Balaban J connectivity index is 2.08. The lowest BCUT2D eigenvalue weighted by Gasteiger charge is -2.14. The molecule has 3 aromatic rings. The van der Waals surface area contributed by atoms with Gasteiger partial charge in [0.2, 0.25) is 0 Å². The highest BCUT2D eigenvalue weighted by Gasteiger charge is 2.32.